The van der Waals surface area contributed by atoms with Crippen LogP contribution in [0.15, 0.2) is 24.3 Å². The average molecular weight is 271 g/mol. The van der Waals surface area contributed by atoms with Crippen molar-refractivity contribution in [2.45, 2.75) is 12.5 Å². The van der Waals surface area contributed by atoms with Gasteiger partial charge in [0.1, 0.15) is 5.82 Å². The molecule has 0 spiro atoms. The number of thioether (sulfide) groups is 1. The summed E-state index contributed by atoms with van der Waals surface area (Å²) in [4.78, 5) is 22.8. The molecule has 6 heteroatoms. The van der Waals surface area contributed by atoms with Gasteiger partial charge in [0, 0.05) is 6.42 Å². The van der Waals surface area contributed by atoms with Gasteiger partial charge in [0.25, 0.3) is 5.91 Å². The minimum absolute atomic E-state index is 0.187. The standard InChI is InChI=1S/C12H14FNO3S/c1-18-7-6-10(11(14)15)17-12(16)8-2-4-9(13)5-3-8/h2-5,10H,6-7H2,1H3,(H2,14,15)/t10-/m0/s1. The van der Waals surface area contributed by atoms with Gasteiger partial charge in [0.15, 0.2) is 6.10 Å². The highest BCUT2D eigenvalue weighted by molar-refractivity contribution is 7.98. The van der Waals surface area contributed by atoms with E-state index in [1.165, 1.54) is 23.9 Å². The van der Waals surface area contributed by atoms with Crippen molar-refractivity contribution in [3.05, 3.63) is 35.6 Å². The second-order valence-corrected chi connectivity index (χ2v) is 4.57. The van der Waals surface area contributed by atoms with Gasteiger partial charge in [-0.15, -0.1) is 0 Å². The third-order valence-electron chi connectivity index (χ3n) is 2.23. The lowest BCUT2D eigenvalue weighted by Crippen LogP contribution is -2.33. The molecule has 98 valence electrons. The van der Waals surface area contributed by atoms with Gasteiger partial charge in [0.05, 0.1) is 5.56 Å². The number of hydrogen-bond donors (Lipinski definition) is 1. The third kappa shape index (κ3) is 4.37. The second-order valence-electron chi connectivity index (χ2n) is 3.58. The van der Waals surface area contributed by atoms with Crippen molar-refractivity contribution >= 4 is 23.6 Å². The number of nitrogens with two attached hydrogens (primary N) is 1. The summed E-state index contributed by atoms with van der Waals surface area (Å²) in [5, 5.41) is 0. The summed E-state index contributed by atoms with van der Waals surface area (Å²) >= 11 is 1.52. The topological polar surface area (TPSA) is 69.4 Å². The summed E-state index contributed by atoms with van der Waals surface area (Å²) in [6.07, 6.45) is 1.29. The van der Waals surface area contributed by atoms with Crippen molar-refractivity contribution in [2.24, 2.45) is 5.73 Å². The van der Waals surface area contributed by atoms with Crippen LogP contribution in [0.4, 0.5) is 4.39 Å². The van der Waals surface area contributed by atoms with Crippen LogP contribution in [0.2, 0.25) is 0 Å². The molecule has 1 aromatic carbocycles. The zero-order valence-corrected chi connectivity index (χ0v) is 10.7. The first-order chi connectivity index (χ1) is 8.54. The first-order valence-corrected chi connectivity index (χ1v) is 6.68. The molecule has 0 heterocycles. The minimum atomic E-state index is -0.949. The van der Waals surface area contributed by atoms with Gasteiger partial charge in [0.2, 0.25) is 0 Å². The van der Waals surface area contributed by atoms with Crippen LogP contribution in [0.5, 0.6) is 0 Å². The molecule has 1 atom stereocenters. The molecule has 0 saturated carbocycles. The average Bonchev–Trinajstić information content (AvgIpc) is 2.34. The Morgan fingerprint density at radius 2 is 2.00 bits per heavy atom. The number of hydrogen-bond acceptors (Lipinski definition) is 4. The zero-order chi connectivity index (χ0) is 13.5. The summed E-state index contributed by atoms with van der Waals surface area (Å²) in [5.74, 6) is -1.15. The Labute approximate surface area is 109 Å². The number of carbonyl (C=O) groups is 2. The van der Waals surface area contributed by atoms with E-state index in [2.05, 4.69) is 0 Å². The summed E-state index contributed by atoms with van der Waals surface area (Å²) < 4.78 is 17.7. The highest BCUT2D eigenvalue weighted by atomic mass is 32.2. The van der Waals surface area contributed by atoms with E-state index in [1.54, 1.807) is 0 Å². The quantitative estimate of drug-likeness (QED) is 0.798. The van der Waals surface area contributed by atoms with E-state index in [0.29, 0.717) is 12.2 Å². The van der Waals surface area contributed by atoms with Crippen molar-refractivity contribution in [3.8, 4) is 0 Å². The highest BCUT2D eigenvalue weighted by Crippen LogP contribution is 2.09. The molecule has 18 heavy (non-hydrogen) atoms. The molecule has 4 nitrogen and oxygen atoms in total. The molecule has 0 radical (unpaired) electrons. The number of rotatable bonds is 6. The lowest BCUT2D eigenvalue weighted by Gasteiger charge is -2.14. The van der Waals surface area contributed by atoms with Gasteiger partial charge in [-0.1, -0.05) is 0 Å². The second kappa shape index (κ2) is 7.00. The molecule has 2 N–H and O–H groups in total. The molecule has 0 aliphatic carbocycles. The van der Waals surface area contributed by atoms with Crippen LogP contribution in [0.1, 0.15) is 16.8 Å². The van der Waals surface area contributed by atoms with E-state index >= 15 is 0 Å². The number of carbonyl (C=O) groups excluding carboxylic acids is 2. The van der Waals surface area contributed by atoms with Crippen molar-refractivity contribution in [3.63, 3.8) is 0 Å². The minimum Gasteiger partial charge on any atom is -0.449 e. The lowest BCUT2D eigenvalue weighted by molar-refractivity contribution is -0.126. The van der Waals surface area contributed by atoms with Gasteiger partial charge in [-0.2, -0.15) is 11.8 Å². The van der Waals surface area contributed by atoms with Crippen molar-refractivity contribution in [1.82, 2.24) is 0 Å². The monoisotopic (exact) mass is 271 g/mol. The van der Waals surface area contributed by atoms with Crippen LogP contribution < -0.4 is 5.73 Å². The van der Waals surface area contributed by atoms with E-state index in [-0.39, 0.29) is 5.56 Å². The van der Waals surface area contributed by atoms with Crippen molar-refractivity contribution in [2.75, 3.05) is 12.0 Å². The first-order valence-electron chi connectivity index (χ1n) is 5.29. The Hall–Kier alpha value is -1.56. The first kappa shape index (κ1) is 14.5. The molecular weight excluding hydrogens is 257 g/mol. The molecule has 0 bridgehead atoms. The molecule has 0 aliphatic heterocycles. The maximum absolute atomic E-state index is 12.7. The van der Waals surface area contributed by atoms with E-state index < -0.39 is 23.8 Å². The summed E-state index contributed by atoms with van der Waals surface area (Å²) in [7, 11) is 0. The van der Waals surface area contributed by atoms with Crippen LogP contribution in [0.25, 0.3) is 0 Å². The van der Waals surface area contributed by atoms with Gasteiger partial charge >= 0.3 is 5.97 Å². The van der Waals surface area contributed by atoms with Gasteiger partial charge in [-0.25, -0.2) is 9.18 Å². The van der Waals surface area contributed by atoms with Gasteiger partial charge in [-0.05, 0) is 36.3 Å². The number of halogens is 1. The molecular formula is C12H14FNO3S. The van der Waals surface area contributed by atoms with E-state index in [4.69, 9.17) is 10.5 Å². The Morgan fingerprint density at radius 3 is 2.50 bits per heavy atom. The van der Waals surface area contributed by atoms with E-state index in [0.717, 1.165) is 12.1 Å². The molecule has 1 rings (SSSR count). The lowest BCUT2D eigenvalue weighted by atomic mass is 10.2. The Bertz CT molecular complexity index is 422. The maximum Gasteiger partial charge on any atom is 0.338 e. The Kier molecular flexibility index (Phi) is 5.64. The number of benzene rings is 1. The molecule has 0 aliphatic rings. The van der Waals surface area contributed by atoms with E-state index in [9.17, 15) is 14.0 Å². The van der Waals surface area contributed by atoms with Crippen LogP contribution in [-0.4, -0.2) is 30.0 Å². The van der Waals surface area contributed by atoms with Crippen LogP contribution in [0, 0.1) is 5.82 Å². The van der Waals surface area contributed by atoms with E-state index in [1.807, 2.05) is 6.26 Å². The smallest absolute Gasteiger partial charge is 0.338 e. The molecule has 0 aromatic heterocycles. The fourth-order valence-electron chi connectivity index (χ4n) is 1.27. The number of primary amides is 1. The Morgan fingerprint density at radius 1 is 1.39 bits per heavy atom. The number of esters is 1. The number of ether oxygens (including phenoxy) is 1. The van der Waals surface area contributed by atoms with Crippen molar-refractivity contribution in [1.29, 1.82) is 0 Å². The SMILES string of the molecule is CSCC[C@H](OC(=O)c1ccc(F)cc1)C(N)=O. The zero-order valence-electron chi connectivity index (χ0n) is 9.89. The largest absolute Gasteiger partial charge is 0.449 e. The number of amides is 1. The summed E-state index contributed by atoms with van der Waals surface area (Å²) in [6, 6.07) is 4.89. The highest BCUT2D eigenvalue weighted by Gasteiger charge is 2.20. The molecule has 1 amide bonds. The molecule has 1 aromatic rings. The third-order valence-corrected chi connectivity index (χ3v) is 2.87. The fourth-order valence-corrected chi connectivity index (χ4v) is 1.72. The normalized spacial score (nSPS) is 11.9. The predicted molar refractivity (Wildman–Crippen MR) is 67.8 cm³/mol. The maximum atomic E-state index is 12.7. The van der Waals surface area contributed by atoms with Crippen LogP contribution in [0.3, 0.4) is 0 Å². The fraction of sp³-hybridized carbons (Fsp3) is 0.333. The molecule has 0 unspecified atom stereocenters. The van der Waals surface area contributed by atoms with Crippen molar-refractivity contribution < 1.29 is 18.7 Å². The summed E-state index contributed by atoms with van der Waals surface area (Å²) in [5.41, 5.74) is 5.33. The molecule has 0 saturated heterocycles. The summed E-state index contributed by atoms with van der Waals surface area (Å²) in [6.45, 7) is 0. The van der Waals surface area contributed by atoms with Gasteiger partial charge in [-0.3, -0.25) is 4.79 Å². The Balaban J connectivity index is 2.66. The van der Waals surface area contributed by atoms with Gasteiger partial charge < -0.3 is 10.5 Å². The van der Waals surface area contributed by atoms with Crippen LogP contribution in [-0.2, 0) is 9.53 Å². The molecule has 0 fully saturated rings. The predicted octanol–water partition coefficient (Wildman–Crippen LogP) is 1.59. The van der Waals surface area contributed by atoms with Crippen LogP contribution >= 0.6 is 11.8 Å².